The van der Waals surface area contributed by atoms with Crippen LogP contribution in [0.3, 0.4) is 0 Å². The Balaban J connectivity index is 4.36. The van der Waals surface area contributed by atoms with E-state index in [0.717, 1.165) is 83.5 Å². The van der Waals surface area contributed by atoms with Crippen LogP contribution in [0.5, 0.6) is 0 Å². The van der Waals surface area contributed by atoms with Gasteiger partial charge in [0, 0.05) is 19.3 Å². The molecule has 0 aliphatic carbocycles. The summed E-state index contributed by atoms with van der Waals surface area (Å²) in [5.74, 6) is -0.890. The summed E-state index contributed by atoms with van der Waals surface area (Å²) >= 11 is 0. The highest BCUT2D eigenvalue weighted by Crippen LogP contribution is 2.15. The second kappa shape index (κ2) is 54.0. The highest BCUT2D eigenvalue weighted by atomic mass is 16.6. The predicted octanol–water partition coefficient (Wildman–Crippen LogP) is 18.7. The van der Waals surface area contributed by atoms with Crippen molar-refractivity contribution in [2.24, 2.45) is 0 Å². The van der Waals surface area contributed by atoms with Crippen molar-refractivity contribution in [2.45, 2.75) is 297 Å². The Hall–Kier alpha value is -2.63. The monoisotopic (exact) mass is 911 g/mol. The first-order chi connectivity index (χ1) is 32.0. The number of hydrogen-bond acceptors (Lipinski definition) is 6. The number of hydrogen-bond donors (Lipinski definition) is 0. The van der Waals surface area contributed by atoms with E-state index in [0.29, 0.717) is 19.3 Å². The van der Waals surface area contributed by atoms with E-state index < -0.39 is 6.10 Å². The number of unbranched alkanes of at least 4 members (excludes halogenated alkanes) is 32. The number of carbonyl (C=O) groups excluding carboxylic acids is 3. The van der Waals surface area contributed by atoms with E-state index >= 15 is 0 Å². The molecule has 0 aliphatic rings. The SMILES string of the molecule is CCCCC/C=C\C/C=C\CCCCCCCCCCCC(=O)OCC(COC(=O)CCCCCCC/C=C\CCCCCCC)OC(=O)CCCCCCC/C=C\CCCCCCC. The quantitative estimate of drug-likeness (QED) is 0.0262. The molecule has 0 bridgehead atoms. The van der Waals surface area contributed by atoms with Crippen LogP contribution < -0.4 is 0 Å². The molecule has 0 spiro atoms. The molecule has 6 heteroatoms. The highest BCUT2D eigenvalue weighted by molar-refractivity contribution is 5.71. The molecular formula is C59H106O6. The number of rotatable bonds is 51. The maximum atomic E-state index is 12.8. The van der Waals surface area contributed by atoms with Gasteiger partial charge in [0.2, 0.25) is 0 Å². The molecule has 6 nitrogen and oxygen atoms in total. The molecule has 0 saturated carbocycles. The maximum absolute atomic E-state index is 12.8. The first kappa shape index (κ1) is 62.4. The van der Waals surface area contributed by atoms with E-state index in [1.54, 1.807) is 0 Å². The molecule has 378 valence electrons. The Kier molecular flexibility index (Phi) is 51.8. The molecule has 0 saturated heterocycles. The summed E-state index contributed by atoms with van der Waals surface area (Å²) in [6.07, 6.45) is 65.2. The van der Waals surface area contributed by atoms with Gasteiger partial charge in [0.1, 0.15) is 13.2 Å². The third-order valence-corrected chi connectivity index (χ3v) is 12.3. The molecular weight excluding hydrogens is 805 g/mol. The van der Waals surface area contributed by atoms with Gasteiger partial charge in [-0.15, -0.1) is 0 Å². The lowest BCUT2D eigenvalue weighted by Crippen LogP contribution is -2.30. The number of esters is 3. The molecule has 0 radical (unpaired) electrons. The summed E-state index contributed by atoms with van der Waals surface area (Å²) in [6, 6.07) is 0. The molecule has 0 fully saturated rings. The van der Waals surface area contributed by atoms with Crippen molar-refractivity contribution in [2.75, 3.05) is 13.2 Å². The van der Waals surface area contributed by atoms with Crippen molar-refractivity contribution in [1.29, 1.82) is 0 Å². The highest BCUT2D eigenvalue weighted by Gasteiger charge is 2.19. The third-order valence-electron chi connectivity index (χ3n) is 12.3. The molecule has 0 amide bonds. The van der Waals surface area contributed by atoms with Gasteiger partial charge in [0.05, 0.1) is 0 Å². The van der Waals surface area contributed by atoms with Crippen LogP contribution in [0.15, 0.2) is 48.6 Å². The minimum absolute atomic E-state index is 0.0800. The number of carbonyl (C=O) groups is 3. The van der Waals surface area contributed by atoms with E-state index in [4.69, 9.17) is 14.2 Å². The van der Waals surface area contributed by atoms with E-state index in [1.807, 2.05) is 0 Å². The van der Waals surface area contributed by atoms with E-state index in [1.165, 1.54) is 167 Å². The van der Waals surface area contributed by atoms with Gasteiger partial charge in [0.25, 0.3) is 0 Å². The molecule has 0 aromatic carbocycles. The summed E-state index contributed by atoms with van der Waals surface area (Å²) in [7, 11) is 0. The number of ether oxygens (including phenoxy) is 3. The Morgan fingerprint density at radius 2 is 0.554 bits per heavy atom. The van der Waals surface area contributed by atoms with Crippen LogP contribution >= 0.6 is 0 Å². The van der Waals surface area contributed by atoms with Gasteiger partial charge < -0.3 is 14.2 Å². The van der Waals surface area contributed by atoms with Crippen LogP contribution in [-0.2, 0) is 28.6 Å². The van der Waals surface area contributed by atoms with E-state index in [2.05, 4.69) is 69.4 Å². The fourth-order valence-corrected chi connectivity index (χ4v) is 7.99. The number of allylic oxidation sites excluding steroid dienone is 8. The summed E-state index contributed by atoms with van der Waals surface area (Å²) in [6.45, 7) is 6.60. The molecule has 0 N–H and O–H groups in total. The predicted molar refractivity (Wildman–Crippen MR) is 279 cm³/mol. The average molecular weight is 911 g/mol. The minimum atomic E-state index is -0.781. The molecule has 0 aromatic rings. The van der Waals surface area contributed by atoms with Crippen molar-refractivity contribution >= 4 is 17.9 Å². The second-order valence-corrected chi connectivity index (χ2v) is 18.8. The van der Waals surface area contributed by atoms with Gasteiger partial charge in [-0.1, -0.05) is 217 Å². The van der Waals surface area contributed by atoms with Gasteiger partial charge in [-0.25, -0.2) is 0 Å². The topological polar surface area (TPSA) is 78.9 Å². The maximum Gasteiger partial charge on any atom is 0.306 e. The molecule has 0 aliphatic heterocycles. The Bertz CT molecular complexity index is 1140. The third kappa shape index (κ3) is 52.2. The first-order valence-corrected chi connectivity index (χ1v) is 28.1. The largest absolute Gasteiger partial charge is 0.462 e. The van der Waals surface area contributed by atoms with Crippen LogP contribution in [0.1, 0.15) is 290 Å². The van der Waals surface area contributed by atoms with Crippen LogP contribution in [0.4, 0.5) is 0 Å². The van der Waals surface area contributed by atoms with Gasteiger partial charge in [0.15, 0.2) is 6.10 Å². The summed E-state index contributed by atoms with van der Waals surface area (Å²) in [4.78, 5) is 38.1. The summed E-state index contributed by atoms with van der Waals surface area (Å²) in [5, 5.41) is 0. The molecule has 0 aromatic heterocycles. The van der Waals surface area contributed by atoms with Gasteiger partial charge in [-0.05, 0) is 103 Å². The smallest absolute Gasteiger partial charge is 0.306 e. The van der Waals surface area contributed by atoms with Crippen molar-refractivity contribution in [1.82, 2.24) is 0 Å². The van der Waals surface area contributed by atoms with E-state index in [-0.39, 0.29) is 31.1 Å². The zero-order chi connectivity index (χ0) is 47.2. The normalized spacial score (nSPS) is 12.4. The molecule has 1 unspecified atom stereocenters. The fraction of sp³-hybridized carbons (Fsp3) is 0.814. The van der Waals surface area contributed by atoms with Gasteiger partial charge >= 0.3 is 17.9 Å². The van der Waals surface area contributed by atoms with Gasteiger partial charge in [-0.2, -0.15) is 0 Å². The van der Waals surface area contributed by atoms with Crippen LogP contribution in [0.2, 0.25) is 0 Å². The Morgan fingerprint density at radius 1 is 0.308 bits per heavy atom. The lowest BCUT2D eigenvalue weighted by atomic mass is 10.1. The molecule has 1 atom stereocenters. The fourth-order valence-electron chi connectivity index (χ4n) is 7.99. The first-order valence-electron chi connectivity index (χ1n) is 28.1. The Labute approximate surface area is 403 Å². The van der Waals surface area contributed by atoms with Crippen molar-refractivity contribution in [3.8, 4) is 0 Å². The minimum Gasteiger partial charge on any atom is -0.462 e. The lowest BCUT2D eigenvalue weighted by Gasteiger charge is -2.18. The zero-order valence-corrected chi connectivity index (χ0v) is 43.3. The van der Waals surface area contributed by atoms with Crippen LogP contribution in [0.25, 0.3) is 0 Å². The lowest BCUT2D eigenvalue weighted by molar-refractivity contribution is -0.167. The average Bonchev–Trinajstić information content (AvgIpc) is 3.30. The summed E-state index contributed by atoms with van der Waals surface area (Å²) < 4.78 is 16.8. The van der Waals surface area contributed by atoms with Crippen LogP contribution in [-0.4, -0.2) is 37.2 Å². The summed E-state index contributed by atoms with van der Waals surface area (Å²) in [5.41, 5.74) is 0. The van der Waals surface area contributed by atoms with Gasteiger partial charge in [-0.3, -0.25) is 14.4 Å². The van der Waals surface area contributed by atoms with Crippen molar-refractivity contribution < 1.29 is 28.6 Å². The van der Waals surface area contributed by atoms with Crippen LogP contribution in [0, 0.1) is 0 Å². The standard InChI is InChI=1S/C59H106O6/c1-4-7-10-13-16-19-22-25-28-29-30-31-32-35-37-40-43-46-49-52-58(61)64-55-56(65-59(62)53-50-47-44-41-38-34-27-24-21-18-15-12-9-6-3)54-63-57(60)51-48-45-42-39-36-33-26-23-20-17-14-11-8-5-2/h16,19,23-28,56H,4-15,17-18,20-22,29-55H2,1-3H3/b19-16-,26-23-,27-24-,28-25-. The molecule has 0 heterocycles. The Morgan fingerprint density at radius 3 is 0.892 bits per heavy atom. The zero-order valence-electron chi connectivity index (χ0n) is 43.3. The second-order valence-electron chi connectivity index (χ2n) is 18.8. The van der Waals surface area contributed by atoms with Crippen molar-refractivity contribution in [3.63, 3.8) is 0 Å². The molecule has 0 rings (SSSR count). The molecule has 65 heavy (non-hydrogen) atoms. The van der Waals surface area contributed by atoms with E-state index in [9.17, 15) is 14.4 Å². The van der Waals surface area contributed by atoms with Crippen molar-refractivity contribution in [3.05, 3.63) is 48.6 Å².